The first-order valence-corrected chi connectivity index (χ1v) is 11.9. The van der Waals surface area contributed by atoms with Gasteiger partial charge in [-0.05, 0) is 55.6 Å². The lowest BCUT2D eigenvalue weighted by Gasteiger charge is -2.13. The van der Waals surface area contributed by atoms with Crippen LogP contribution in [-0.2, 0) is 0 Å². The third kappa shape index (κ3) is 8.34. The number of nitrogens with two attached hydrogens (primary N) is 2. The average molecular weight is 497 g/mol. The topological polar surface area (TPSA) is 118 Å². The first-order chi connectivity index (χ1) is 16.6. The summed E-state index contributed by atoms with van der Waals surface area (Å²) in [4.78, 5) is 21.6. The number of carbonyl (C=O) groups is 1. The Hall–Kier alpha value is -3.51. The van der Waals surface area contributed by atoms with Gasteiger partial charge in [0.05, 0.1) is 17.2 Å². The Balaban J connectivity index is 2.28. The van der Waals surface area contributed by atoms with Crippen LogP contribution in [0, 0.1) is 11.7 Å². The second kappa shape index (κ2) is 12.8. The number of urea groups is 1. The molecular weight excluding hydrogens is 462 g/mol. The molecule has 0 saturated carbocycles. The minimum atomic E-state index is -0.520. The minimum Gasteiger partial charge on any atom is -0.387 e. The van der Waals surface area contributed by atoms with Crippen LogP contribution in [0.25, 0.3) is 11.4 Å². The summed E-state index contributed by atoms with van der Waals surface area (Å²) in [6.45, 7) is 9.44. The predicted octanol–water partition coefficient (Wildman–Crippen LogP) is 5.47. The molecule has 0 aliphatic rings. The van der Waals surface area contributed by atoms with Crippen LogP contribution in [0.4, 0.5) is 20.6 Å². The summed E-state index contributed by atoms with van der Waals surface area (Å²) in [5.74, 6) is 0.495. The van der Waals surface area contributed by atoms with E-state index in [4.69, 9.17) is 11.5 Å². The Labute approximate surface area is 208 Å². The van der Waals surface area contributed by atoms with Crippen LogP contribution in [0.15, 0.2) is 58.5 Å². The quantitative estimate of drug-likeness (QED) is 0.220. The van der Waals surface area contributed by atoms with Gasteiger partial charge in [0, 0.05) is 34.8 Å². The summed E-state index contributed by atoms with van der Waals surface area (Å²) in [5, 5.41) is 6.33. The number of aliphatic imine (C=N–C) groups is 2. The molecule has 0 spiro atoms. The van der Waals surface area contributed by atoms with E-state index in [0.717, 1.165) is 10.9 Å². The lowest BCUT2D eigenvalue weighted by Crippen LogP contribution is -2.20. The van der Waals surface area contributed by atoms with Crippen molar-refractivity contribution in [3.05, 3.63) is 65.5 Å². The van der Waals surface area contributed by atoms with E-state index in [9.17, 15) is 9.18 Å². The SMILES string of the molecule is C/C=C(\N=C(N)CC)c1cc(P)cc(NC(=O)Nc2cc(F)cc(/C(=C/C)N=C(N)C(C)C)c2)c1. The predicted molar refractivity (Wildman–Crippen MR) is 151 cm³/mol. The molecule has 186 valence electrons. The van der Waals surface area contributed by atoms with Gasteiger partial charge in [0.1, 0.15) is 11.7 Å². The molecule has 35 heavy (non-hydrogen) atoms. The maximum absolute atomic E-state index is 14.4. The Kier molecular flexibility index (Phi) is 10.2. The standard InChI is InChI=1S/C26H34FN6OP/c1-6-22(32-24(28)8-3)17-11-20(14-21(35)12-17)31-26(34)30-19-10-16(9-18(27)13-19)23(7-2)33-25(29)15(4)5/h6-7,9-15H,8,35H2,1-5H3,(H2,28,32)(H2,29,33)(H2,30,31,34)/b22-6-,23-7-. The van der Waals surface area contributed by atoms with Crippen molar-refractivity contribution < 1.29 is 9.18 Å². The Morgan fingerprint density at radius 2 is 1.51 bits per heavy atom. The normalized spacial score (nSPS) is 13.3. The maximum atomic E-state index is 14.4. The molecule has 7 nitrogen and oxygen atoms in total. The third-order valence-electron chi connectivity index (χ3n) is 4.97. The van der Waals surface area contributed by atoms with Crippen molar-refractivity contribution >= 4 is 55.0 Å². The van der Waals surface area contributed by atoms with Crippen LogP contribution in [0.2, 0.25) is 0 Å². The van der Waals surface area contributed by atoms with Crippen LogP contribution in [0.5, 0.6) is 0 Å². The van der Waals surface area contributed by atoms with Crippen molar-refractivity contribution in [1.82, 2.24) is 0 Å². The lowest BCUT2D eigenvalue weighted by atomic mass is 10.1. The largest absolute Gasteiger partial charge is 0.387 e. The molecular formula is C26H34FN6OP. The van der Waals surface area contributed by atoms with E-state index >= 15 is 0 Å². The van der Waals surface area contributed by atoms with Gasteiger partial charge in [-0.2, -0.15) is 0 Å². The van der Waals surface area contributed by atoms with Crippen molar-refractivity contribution in [2.24, 2.45) is 27.4 Å². The van der Waals surface area contributed by atoms with E-state index < -0.39 is 11.8 Å². The number of amides is 2. The lowest BCUT2D eigenvalue weighted by molar-refractivity contribution is 0.262. The van der Waals surface area contributed by atoms with E-state index in [-0.39, 0.29) is 11.6 Å². The summed E-state index contributed by atoms with van der Waals surface area (Å²) in [7, 11) is 2.61. The van der Waals surface area contributed by atoms with Gasteiger partial charge < -0.3 is 22.1 Å². The molecule has 1 atom stereocenters. The van der Waals surface area contributed by atoms with E-state index in [0.29, 0.717) is 40.7 Å². The van der Waals surface area contributed by atoms with Gasteiger partial charge >= 0.3 is 6.03 Å². The third-order valence-corrected chi connectivity index (χ3v) is 5.31. The highest BCUT2D eigenvalue weighted by Gasteiger charge is 2.11. The van der Waals surface area contributed by atoms with Gasteiger partial charge in [-0.1, -0.05) is 32.9 Å². The van der Waals surface area contributed by atoms with Gasteiger partial charge in [-0.25, -0.2) is 19.2 Å². The van der Waals surface area contributed by atoms with E-state index in [2.05, 4.69) is 29.9 Å². The van der Waals surface area contributed by atoms with Gasteiger partial charge in [0.25, 0.3) is 0 Å². The van der Waals surface area contributed by atoms with Crippen LogP contribution >= 0.6 is 9.24 Å². The van der Waals surface area contributed by atoms with Crippen molar-refractivity contribution in [3.8, 4) is 0 Å². The van der Waals surface area contributed by atoms with Crippen molar-refractivity contribution in [3.63, 3.8) is 0 Å². The Bertz CT molecular complexity index is 1200. The fourth-order valence-corrected chi connectivity index (χ4v) is 3.43. The average Bonchev–Trinajstić information content (AvgIpc) is 2.79. The Morgan fingerprint density at radius 1 is 0.971 bits per heavy atom. The minimum absolute atomic E-state index is 0.0476. The van der Waals surface area contributed by atoms with Crippen molar-refractivity contribution in [2.45, 2.75) is 41.0 Å². The number of carbonyl (C=O) groups excluding carboxylic acids is 1. The molecule has 2 rings (SSSR count). The molecule has 1 unspecified atom stereocenters. The van der Waals surface area contributed by atoms with E-state index in [1.54, 1.807) is 31.2 Å². The molecule has 0 bridgehead atoms. The first kappa shape index (κ1) is 27.7. The van der Waals surface area contributed by atoms with Crippen molar-refractivity contribution in [1.29, 1.82) is 0 Å². The highest BCUT2D eigenvalue weighted by Crippen LogP contribution is 2.24. The van der Waals surface area contributed by atoms with Gasteiger partial charge in [0.15, 0.2) is 0 Å². The Morgan fingerprint density at radius 3 is 2.06 bits per heavy atom. The molecule has 2 amide bonds. The number of allylic oxidation sites excluding steroid dienone is 2. The number of nitrogens with zero attached hydrogens (tertiary/aromatic N) is 2. The van der Waals surface area contributed by atoms with Crippen LogP contribution in [0.3, 0.4) is 0 Å². The van der Waals surface area contributed by atoms with Gasteiger partial charge in [0.2, 0.25) is 0 Å². The zero-order valence-corrected chi connectivity index (χ0v) is 22.0. The first-order valence-electron chi connectivity index (χ1n) is 11.4. The highest BCUT2D eigenvalue weighted by atomic mass is 31.0. The van der Waals surface area contributed by atoms with E-state index in [1.165, 1.54) is 12.1 Å². The molecule has 0 aliphatic heterocycles. The van der Waals surface area contributed by atoms with Crippen LogP contribution in [0.1, 0.15) is 52.2 Å². The van der Waals surface area contributed by atoms with Gasteiger partial charge in [-0.3, -0.25) is 0 Å². The number of halogens is 1. The molecule has 0 aromatic heterocycles. The summed E-state index contributed by atoms with van der Waals surface area (Å²) < 4.78 is 14.4. The molecule has 2 aromatic carbocycles. The molecule has 0 fully saturated rings. The van der Waals surface area contributed by atoms with Crippen LogP contribution < -0.4 is 27.4 Å². The zero-order valence-electron chi connectivity index (χ0n) is 20.8. The molecule has 0 saturated heterocycles. The number of benzene rings is 2. The summed E-state index contributed by atoms with van der Waals surface area (Å²) in [6, 6.07) is 9.24. The fourth-order valence-electron chi connectivity index (χ4n) is 3.07. The number of rotatable bonds is 8. The van der Waals surface area contributed by atoms with E-state index in [1.807, 2.05) is 39.8 Å². The fraction of sp³-hybridized carbons (Fsp3) is 0.269. The number of hydrogen-bond donors (Lipinski definition) is 4. The van der Waals surface area contributed by atoms with Crippen LogP contribution in [-0.4, -0.2) is 17.7 Å². The number of hydrogen-bond acceptors (Lipinski definition) is 3. The monoisotopic (exact) mass is 496 g/mol. The second-order valence-corrected chi connectivity index (χ2v) is 8.81. The zero-order chi connectivity index (χ0) is 26.1. The smallest absolute Gasteiger partial charge is 0.323 e. The molecule has 6 N–H and O–H groups in total. The number of amidine groups is 2. The molecule has 2 aromatic rings. The summed E-state index contributed by atoms with van der Waals surface area (Å²) >= 11 is 0. The maximum Gasteiger partial charge on any atom is 0.323 e. The summed E-state index contributed by atoms with van der Waals surface area (Å²) in [6.07, 6.45) is 4.23. The van der Waals surface area contributed by atoms with Crippen molar-refractivity contribution in [2.75, 3.05) is 10.6 Å². The number of anilines is 2. The molecule has 0 radical (unpaired) electrons. The number of nitrogens with one attached hydrogen (secondary N) is 2. The molecule has 9 heteroatoms. The molecule has 0 heterocycles. The second-order valence-electron chi connectivity index (χ2n) is 8.15. The molecule has 0 aliphatic carbocycles. The summed E-state index contributed by atoms with van der Waals surface area (Å²) in [5.41, 5.74) is 15.2. The highest BCUT2D eigenvalue weighted by molar-refractivity contribution is 7.27. The van der Waals surface area contributed by atoms with Gasteiger partial charge in [-0.15, -0.1) is 9.24 Å².